The van der Waals surface area contributed by atoms with Crippen LogP contribution < -0.4 is 0 Å². The molecule has 0 bridgehead atoms. The van der Waals surface area contributed by atoms with Gasteiger partial charge in [0.25, 0.3) is 0 Å². The average molecular weight is 1140 g/mol. The summed E-state index contributed by atoms with van der Waals surface area (Å²) in [5, 5.41) is 0. The van der Waals surface area contributed by atoms with Crippen molar-refractivity contribution in [3.05, 3.63) is 36.5 Å². The Morgan fingerprint density at radius 1 is 0.247 bits per heavy atom. The summed E-state index contributed by atoms with van der Waals surface area (Å²) in [6.07, 6.45) is 87.9. The Morgan fingerprint density at radius 2 is 0.444 bits per heavy atom. The molecule has 0 amide bonds. The van der Waals surface area contributed by atoms with Crippen LogP contribution in [0.1, 0.15) is 406 Å². The Kier molecular flexibility index (Phi) is 68.1. The predicted molar refractivity (Wildman–Crippen MR) is 353 cm³/mol. The molecule has 0 fully saturated rings. The summed E-state index contributed by atoms with van der Waals surface area (Å²) in [4.78, 5) is 38.2. The molecule has 0 radical (unpaired) electrons. The minimum absolute atomic E-state index is 0.0665. The van der Waals surface area contributed by atoms with E-state index in [0.29, 0.717) is 19.3 Å². The standard InChI is InChI=1S/C75H140O6/c1-4-7-10-13-16-18-20-22-24-26-28-30-32-34-36-37-39-40-42-44-46-48-50-52-54-56-59-62-65-68-74(77)80-71-72(70-79-73(76)67-64-61-58-15-12-9-6-3)81-75(78)69-66-63-60-57-55-53-51-49-47-45-43-41-38-35-33-31-29-27-25-23-21-19-17-14-11-8-5-2/h21,23,26-29,72H,4-20,22,24-25,30-71H2,1-3H3/b23-21-,28-26-,29-27-. The zero-order valence-corrected chi connectivity index (χ0v) is 54.8. The second-order valence-electron chi connectivity index (χ2n) is 24.9. The number of rotatable bonds is 68. The summed E-state index contributed by atoms with van der Waals surface area (Å²) in [5.74, 6) is -0.846. The van der Waals surface area contributed by atoms with E-state index >= 15 is 0 Å². The van der Waals surface area contributed by atoms with Gasteiger partial charge in [-0.3, -0.25) is 14.4 Å². The number of allylic oxidation sites excluding steroid dienone is 6. The van der Waals surface area contributed by atoms with Crippen LogP contribution >= 0.6 is 0 Å². The highest BCUT2D eigenvalue weighted by molar-refractivity contribution is 5.71. The predicted octanol–water partition coefficient (Wildman–Crippen LogP) is 25.1. The van der Waals surface area contributed by atoms with Gasteiger partial charge < -0.3 is 14.2 Å². The molecule has 0 saturated carbocycles. The van der Waals surface area contributed by atoms with Gasteiger partial charge in [-0.25, -0.2) is 0 Å². The molecule has 0 rings (SSSR count). The first-order chi connectivity index (χ1) is 40.0. The van der Waals surface area contributed by atoms with Crippen LogP contribution in [0.4, 0.5) is 0 Å². The van der Waals surface area contributed by atoms with Crippen molar-refractivity contribution in [1.82, 2.24) is 0 Å². The van der Waals surface area contributed by atoms with E-state index in [-0.39, 0.29) is 31.1 Å². The normalized spacial score (nSPS) is 12.2. The maximum Gasteiger partial charge on any atom is 0.306 e. The Balaban J connectivity index is 4.00. The van der Waals surface area contributed by atoms with Gasteiger partial charge in [0.05, 0.1) is 0 Å². The lowest BCUT2D eigenvalue weighted by molar-refractivity contribution is -0.167. The van der Waals surface area contributed by atoms with Crippen LogP contribution in [0, 0.1) is 0 Å². The molecule has 476 valence electrons. The minimum atomic E-state index is -0.768. The third kappa shape index (κ3) is 68.3. The van der Waals surface area contributed by atoms with Crippen LogP contribution in [-0.4, -0.2) is 37.2 Å². The first-order valence-electron chi connectivity index (χ1n) is 36.5. The zero-order valence-electron chi connectivity index (χ0n) is 54.8. The number of hydrogen-bond acceptors (Lipinski definition) is 6. The molecule has 0 aromatic heterocycles. The minimum Gasteiger partial charge on any atom is -0.462 e. The number of carbonyl (C=O) groups is 3. The zero-order chi connectivity index (χ0) is 58.5. The number of ether oxygens (including phenoxy) is 3. The summed E-state index contributed by atoms with van der Waals surface area (Å²) >= 11 is 0. The molecule has 0 aliphatic carbocycles. The second kappa shape index (κ2) is 70.1. The van der Waals surface area contributed by atoms with Gasteiger partial charge in [0.2, 0.25) is 0 Å². The summed E-state index contributed by atoms with van der Waals surface area (Å²) in [5.41, 5.74) is 0. The van der Waals surface area contributed by atoms with E-state index in [1.54, 1.807) is 0 Å². The van der Waals surface area contributed by atoms with Crippen molar-refractivity contribution >= 4 is 17.9 Å². The molecule has 0 spiro atoms. The van der Waals surface area contributed by atoms with Crippen molar-refractivity contribution in [2.24, 2.45) is 0 Å². The van der Waals surface area contributed by atoms with Gasteiger partial charge in [0.15, 0.2) is 6.10 Å². The number of hydrogen-bond donors (Lipinski definition) is 0. The highest BCUT2D eigenvalue weighted by Crippen LogP contribution is 2.19. The maximum absolute atomic E-state index is 12.9. The molecule has 0 aromatic carbocycles. The Bertz CT molecular complexity index is 1350. The number of esters is 3. The van der Waals surface area contributed by atoms with E-state index < -0.39 is 6.10 Å². The number of carbonyl (C=O) groups excluding carboxylic acids is 3. The fourth-order valence-electron chi connectivity index (χ4n) is 11.1. The van der Waals surface area contributed by atoms with Crippen molar-refractivity contribution in [2.45, 2.75) is 412 Å². The smallest absolute Gasteiger partial charge is 0.306 e. The van der Waals surface area contributed by atoms with E-state index in [2.05, 4.69) is 57.2 Å². The SMILES string of the molecule is CCCCCCC/C=C\C/C=C\CCCCCCCCCCCCCCCCCC(=O)OC(COC(=O)CCCCCCCCC)COC(=O)CCCCCCCCCCCCCCCCCCC/C=C\CCCCCCCCCC. The van der Waals surface area contributed by atoms with E-state index in [4.69, 9.17) is 14.2 Å². The van der Waals surface area contributed by atoms with Crippen LogP contribution in [0.15, 0.2) is 36.5 Å². The molecule has 0 aliphatic heterocycles. The molecule has 6 heteroatoms. The molecule has 0 aromatic rings. The first kappa shape index (κ1) is 78.6. The van der Waals surface area contributed by atoms with E-state index in [0.717, 1.165) is 64.2 Å². The van der Waals surface area contributed by atoms with Crippen molar-refractivity contribution in [3.63, 3.8) is 0 Å². The van der Waals surface area contributed by atoms with Crippen molar-refractivity contribution in [1.29, 1.82) is 0 Å². The Morgan fingerprint density at radius 3 is 0.691 bits per heavy atom. The van der Waals surface area contributed by atoms with Crippen LogP contribution in [0.5, 0.6) is 0 Å². The van der Waals surface area contributed by atoms with Crippen LogP contribution in [0.2, 0.25) is 0 Å². The molecule has 0 heterocycles. The lowest BCUT2D eigenvalue weighted by atomic mass is 10.0. The van der Waals surface area contributed by atoms with Crippen LogP contribution in [0.3, 0.4) is 0 Å². The highest BCUT2D eigenvalue weighted by atomic mass is 16.6. The Hall–Kier alpha value is -2.37. The maximum atomic E-state index is 12.9. The van der Waals surface area contributed by atoms with E-state index in [9.17, 15) is 14.4 Å². The summed E-state index contributed by atoms with van der Waals surface area (Å²) in [7, 11) is 0. The average Bonchev–Trinajstić information content (AvgIpc) is 3.46. The molecular weight excluding hydrogens is 997 g/mol. The summed E-state index contributed by atoms with van der Waals surface area (Å²) in [6, 6.07) is 0. The Labute approximate surface area is 506 Å². The fourth-order valence-corrected chi connectivity index (χ4v) is 11.1. The molecule has 0 saturated heterocycles. The van der Waals surface area contributed by atoms with Gasteiger partial charge in [-0.05, 0) is 77.0 Å². The van der Waals surface area contributed by atoms with Crippen molar-refractivity contribution < 1.29 is 28.6 Å². The fraction of sp³-hybridized carbons (Fsp3) is 0.880. The number of unbranched alkanes of at least 4 members (excludes halogenated alkanes) is 51. The second-order valence-corrected chi connectivity index (χ2v) is 24.9. The highest BCUT2D eigenvalue weighted by Gasteiger charge is 2.19. The van der Waals surface area contributed by atoms with Gasteiger partial charge >= 0.3 is 17.9 Å². The molecule has 6 nitrogen and oxygen atoms in total. The third-order valence-corrected chi connectivity index (χ3v) is 16.6. The van der Waals surface area contributed by atoms with Crippen molar-refractivity contribution in [2.75, 3.05) is 13.2 Å². The largest absolute Gasteiger partial charge is 0.462 e. The van der Waals surface area contributed by atoms with Gasteiger partial charge in [-0.1, -0.05) is 346 Å². The monoisotopic (exact) mass is 1140 g/mol. The van der Waals surface area contributed by atoms with Crippen LogP contribution in [0.25, 0.3) is 0 Å². The molecule has 0 N–H and O–H groups in total. The topological polar surface area (TPSA) is 78.9 Å². The van der Waals surface area contributed by atoms with Gasteiger partial charge in [-0.2, -0.15) is 0 Å². The summed E-state index contributed by atoms with van der Waals surface area (Å²) in [6.45, 7) is 6.66. The third-order valence-electron chi connectivity index (χ3n) is 16.6. The van der Waals surface area contributed by atoms with Crippen LogP contribution in [-0.2, 0) is 28.6 Å². The first-order valence-corrected chi connectivity index (χ1v) is 36.5. The lowest BCUT2D eigenvalue weighted by Gasteiger charge is -2.18. The summed E-state index contributed by atoms with van der Waals surface area (Å²) < 4.78 is 16.9. The quantitative estimate of drug-likeness (QED) is 0.0261. The molecule has 0 aliphatic rings. The molecular formula is C75H140O6. The molecule has 81 heavy (non-hydrogen) atoms. The molecule has 1 unspecified atom stereocenters. The lowest BCUT2D eigenvalue weighted by Crippen LogP contribution is -2.30. The van der Waals surface area contributed by atoms with E-state index in [1.807, 2.05) is 0 Å². The van der Waals surface area contributed by atoms with Crippen molar-refractivity contribution in [3.8, 4) is 0 Å². The van der Waals surface area contributed by atoms with Gasteiger partial charge in [-0.15, -0.1) is 0 Å². The van der Waals surface area contributed by atoms with Gasteiger partial charge in [0.1, 0.15) is 13.2 Å². The molecule has 1 atom stereocenters. The van der Waals surface area contributed by atoms with Gasteiger partial charge in [0, 0.05) is 19.3 Å². The van der Waals surface area contributed by atoms with E-state index in [1.165, 1.54) is 302 Å².